The van der Waals surface area contributed by atoms with Gasteiger partial charge < -0.3 is 4.74 Å². The maximum atomic E-state index is 5.88. The molecule has 0 bridgehead atoms. The second-order valence-corrected chi connectivity index (χ2v) is 11.1. The third-order valence-corrected chi connectivity index (χ3v) is 9.78. The van der Waals surface area contributed by atoms with Crippen molar-refractivity contribution < 1.29 is 4.74 Å². The van der Waals surface area contributed by atoms with Crippen molar-refractivity contribution in [3.05, 3.63) is 24.0 Å². The number of ether oxygens (including phenoxy) is 1. The van der Waals surface area contributed by atoms with Crippen molar-refractivity contribution in [2.75, 3.05) is 12.9 Å². The van der Waals surface area contributed by atoms with E-state index in [1.807, 2.05) is 7.11 Å². The van der Waals surface area contributed by atoms with Crippen LogP contribution in [0.4, 0.5) is 0 Å². The summed E-state index contributed by atoms with van der Waals surface area (Å²) >= 11 is 2.20. The van der Waals surface area contributed by atoms with Gasteiger partial charge in [-0.15, -0.1) is 0 Å². The Morgan fingerprint density at radius 2 is 1.83 bits per heavy atom. The van der Waals surface area contributed by atoms with E-state index < -0.39 is 0 Å². The standard InChI is InChI=1S/C22H34OS/c1-20(2)11-7-12-21(3)17(20)10-13-22(4)18(21)14-24-16-9-6-8-15(23-5)19(16)22/h6,8-9,16-19H,7,10-14H2,1-5H3/t16?,17-,18+,19?,21-,22+/m0/s1. The van der Waals surface area contributed by atoms with Crippen molar-refractivity contribution in [1.29, 1.82) is 0 Å². The molecule has 0 amide bonds. The van der Waals surface area contributed by atoms with Gasteiger partial charge >= 0.3 is 0 Å². The smallest absolute Gasteiger partial charge is 0.101 e. The first-order valence-corrected chi connectivity index (χ1v) is 10.9. The fourth-order valence-electron chi connectivity index (χ4n) is 7.33. The predicted molar refractivity (Wildman–Crippen MR) is 104 cm³/mol. The van der Waals surface area contributed by atoms with Gasteiger partial charge in [-0.1, -0.05) is 46.3 Å². The van der Waals surface area contributed by atoms with Gasteiger partial charge in [0.05, 0.1) is 7.11 Å². The van der Waals surface area contributed by atoms with E-state index >= 15 is 0 Å². The zero-order valence-electron chi connectivity index (χ0n) is 16.1. The average Bonchev–Trinajstić information content (AvgIpc) is 2.53. The molecular weight excluding hydrogens is 312 g/mol. The Kier molecular flexibility index (Phi) is 3.95. The van der Waals surface area contributed by atoms with Crippen LogP contribution in [0.3, 0.4) is 0 Å². The van der Waals surface area contributed by atoms with Gasteiger partial charge in [-0.3, -0.25) is 0 Å². The molecule has 24 heavy (non-hydrogen) atoms. The van der Waals surface area contributed by atoms with E-state index in [0.717, 1.165) is 11.8 Å². The Hall–Kier alpha value is -0.370. The molecular formula is C22H34OS. The molecule has 0 aromatic heterocycles. The first-order chi connectivity index (χ1) is 11.3. The minimum absolute atomic E-state index is 0.390. The molecule has 2 saturated carbocycles. The lowest BCUT2D eigenvalue weighted by atomic mass is 9.41. The van der Waals surface area contributed by atoms with Crippen molar-refractivity contribution in [3.63, 3.8) is 0 Å². The van der Waals surface area contributed by atoms with Gasteiger partial charge in [0.2, 0.25) is 0 Å². The summed E-state index contributed by atoms with van der Waals surface area (Å²) in [5.74, 6) is 4.85. The van der Waals surface area contributed by atoms with Gasteiger partial charge in [0.1, 0.15) is 5.76 Å². The van der Waals surface area contributed by atoms with Crippen molar-refractivity contribution in [1.82, 2.24) is 0 Å². The van der Waals surface area contributed by atoms with Crippen molar-refractivity contribution in [2.45, 2.75) is 65.0 Å². The number of methoxy groups -OCH3 is 1. The fourth-order valence-corrected chi connectivity index (χ4v) is 9.35. The van der Waals surface area contributed by atoms with Gasteiger partial charge in [0.15, 0.2) is 0 Å². The average molecular weight is 347 g/mol. The Morgan fingerprint density at radius 1 is 1.04 bits per heavy atom. The van der Waals surface area contributed by atoms with Crippen LogP contribution in [-0.2, 0) is 4.74 Å². The summed E-state index contributed by atoms with van der Waals surface area (Å²) in [5.41, 5.74) is 1.41. The molecule has 0 N–H and O–H groups in total. The maximum absolute atomic E-state index is 5.88. The molecule has 3 fully saturated rings. The molecule has 2 unspecified atom stereocenters. The van der Waals surface area contributed by atoms with Gasteiger partial charge in [0.25, 0.3) is 0 Å². The fraction of sp³-hybridized carbons (Fsp3) is 0.818. The zero-order chi connectivity index (χ0) is 17.2. The number of hydrogen-bond donors (Lipinski definition) is 0. The van der Waals surface area contributed by atoms with Crippen LogP contribution in [0.2, 0.25) is 0 Å². The Bertz CT molecular complexity index is 577. The summed E-state index contributed by atoms with van der Waals surface area (Å²) in [6, 6.07) is 0. The molecule has 134 valence electrons. The molecule has 0 aromatic carbocycles. The molecule has 6 atom stereocenters. The highest BCUT2D eigenvalue weighted by molar-refractivity contribution is 8.00. The third-order valence-electron chi connectivity index (χ3n) is 8.44. The van der Waals surface area contributed by atoms with Crippen LogP contribution in [0.15, 0.2) is 24.0 Å². The third kappa shape index (κ3) is 2.20. The quantitative estimate of drug-likeness (QED) is 0.570. The summed E-state index contributed by atoms with van der Waals surface area (Å²) in [6.45, 7) is 10.3. The molecule has 1 heterocycles. The first kappa shape index (κ1) is 17.1. The highest BCUT2D eigenvalue weighted by Gasteiger charge is 2.63. The minimum atomic E-state index is 0.390. The molecule has 1 saturated heterocycles. The number of fused-ring (bicyclic) bond motifs is 5. The molecule has 3 aliphatic carbocycles. The molecule has 4 rings (SSSR count). The SMILES string of the molecule is COC1=CC=CC2SC[C@@H]3[C@@]4(C)CCCC(C)(C)[C@@H]4CC[C@@]3(C)C12. The topological polar surface area (TPSA) is 9.23 Å². The van der Waals surface area contributed by atoms with E-state index in [9.17, 15) is 0 Å². The molecule has 1 aliphatic heterocycles. The molecule has 2 heteroatoms. The summed E-state index contributed by atoms with van der Waals surface area (Å²) in [4.78, 5) is 0. The van der Waals surface area contributed by atoms with Crippen LogP contribution in [0.1, 0.15) is 59.8 Å². The van der Waals surface area contributed by atoms with E-state index in [-0.39, 0.29) is 0 Å². The van der Waals surface area contributed by atoms with E-state index in [4.69, 9.17) is 4.74 Å². The lowest BCUT2D eigenvalue weighted by Gasteiger charge is -2.66. The second-order valence-electron chi connectivity index (χ2n) is 9.93. The zero-order valence-corrected chi connectivity index (χ0v) is 16.9. The summed E-state index contributed by atoms with van der Waals surface area (Å²) in [5, 5.41) is 0.614. The van der Waals surface area contributed by atoms with Crippen LogP contribution in [0.25, 0.3) is 0 Å². The van der Waals surface area contributed by atoms with E-state index in [0.29, 0.717) is 27.4 Å². The highest BCUT2D eigenvalue weighted by atomic mass is 32.2. The molecule has 0 aromatic rings. The van der Waals surface area contributed by atoms with Crippen LogP contribution in [0.5, 0.6) is 0 Å². The highest BCUT2D eigenvalue weighted by Crippen LogP contribution is 2.69. The maximum Gasteiger partial charge on any atom is 0.101 e. The van der Waals surface area contributed by atoms with E-state index in [1.54, 1.807) is 0 Å². The molecule has 0 spiro atoms. The Balaban J connectivity index is 1.75. The van der Waals surface area contributed by atoms with Crippen LogP contribution in [0, 0.1) is 34.0 Å². The van der Waals surface area contributed by atoms with Crippen LogP contribution >= 0.6 is 11.8 Å². The summed E-state index contributed by atoms with van der Waals surface area (Å²) < 4.78 is 5.88. The van der Waals surface area contributed by atoms with Crippen molar-refractivity contribution >= 4 is 11.8 Å². The Labute approximate surface area is 152 Å². The molecule has 4 aliphatic rings. The second kappa shape index (κ2) is 5.56. The molecule has 1 nitrogen and oxygen atoms in total. The van der Waals surface area contributed by atoms with Crippen molar-refractivity contribution in [3.8, 4) is 0 Å². The summed E-state index contributed by atoms with van der Waals surface area (Å²) in [7, 11) is 1.87. The number of allylic oxidation sites excluding steroid dienone is 3. The van der Waals surface area contributed by atoms with Crippen LogP contribution in [-0.4, -0.2) is 18.1 Å². The van der Waals surface area contributed by atoms with E-state index in [1.165, 1.54) is 43.6 Å². The van der Waals surface area contributed by atoms with Gasteiger partial charge in [-0.2, -0.15) is 11.8 Å². The van der Waals surface area contributed by atoms with Crippen molar-refractivity contribution in [2.24, 2.45) is 34.0 Å². The predicted octanol–water partition coefficient (Wildman–Crippen LogP) is 6.07. The first-order valence-electron chi connectivity index (χ1n) is 9.87. The number of rotatable bonds is 1. The summed E-state index contributed by atoms with van der Waals surface area (Å²) in [6.07, 6.45) is 13.9. The monoisotopic (exact) mass is 346 g/mol. The normalized spacial score (nSPS) is 49.5. The molecule has 0 radical (unpaired) electrons. The lowest BCUT2D eigenvalue weighted by Crippen LogP contribution is -2.60. The van der Waals surface area contributed by atoms with Gasteiger partial charge in [-0.25, -0.2) is 0 Å². The number of thioether (sulfide) groups is 1. The van der Waals surface area contributed by atoms with Crippen LogP contribution < -0.4 is 0 Å². The van der Waals surface area contributed by atoms with Gasteiger partial charge in [0, 0.05) is 11.2 Å². The largest absolute Gasteiger partial charge is 0.501 e. The van der Waals surface area contributed by atoms with Gasteiger partial charge in [-0.05, 0) is 65.6 Å². The van der Waals surface area contributed by atoms with E-state index in [2.05, 4.69) is 57.7 Å². The number of hydrogen-bond acceptors (Lipinski definition) is 2. The Morgan fingerprint density at radius 3 is 2.58 bits per heavy atom. The lowest BCUT2D eigenvalue weighted by molar-refractivity contribution is -0.139. The minimum Gasteiger partial charge on any atom is -0.501 e.